The Labute approximate surface area is 98.3 Å². The molecule has 0 saturated carbocycles. The van der Waals surface area contributed by atoms with Crippen molar-refractivity contribution in [1.29, 1.82) is 0 Å². The van der Waals surface area contributed by atoms with Gasteiger partial charge in [0.25, 0.3) is 0 Å². The number of rotatable bonds is 6. The largest absolute Gasteiger partial charge is 0.375 e. The Balaban J connectivity index is 2.15. The highest BCUT2D eigenvalue weighted by atomic mass is 16.5. The molecule has 1 aliphatic heterocycles. The first-order valence-electron chi connectivity index (χ1n) is 6.28. The summed E-state index contributed by atoms with van der Waals surface area (Å²) in [5.74, 6) is 0.120. The van der Waals surface area contributed by atoms with Gasteiger partial charge < -0.3 is 15.0 Å². The van der Waals surface area contributed by atoms with Crippen molar-refractivity contribution in [3.8, 4) is 0 Å². The number of methoxy groups -OCH3 is 1. The minimum absolute atomic E-state index is 0.120. The summed E-state index contributed by atoms with van der Waals surface area (Å²) in [6.07, 6.45) is 4.61. The number of amides is 1. The lowest BCUT2D eigenvalue weighted by Gasteiger charge is -2.32. The van der Waals surface area contributed by atoms with Crippen molar-refractivity contribution in [3.63, 3.8) is 0 Å². The highest BCUT2D eigenvalue weighted by Crippen LogP contribution is 2.10. The van der Waals surface area contributed by atoms with Crippen LogP contribution in [0.2, 0.25) is 0 Å². The van der Waals surface area contributed by atoms with Gasteiger partial charge in [0.2, 0.25) is 5.91 Å². The Hall–Kier alpha value is -0.610. The Morgan fingerprint density at radius 1 is 1.44 bits per heavy atom. The SMILES string of the molecule is CCCCNC1CCN(C(=O)COC)CC1. The van der Waals surface area contributed by atoms with Gasteiger partial charge in [-0.2, -0.15) is 0 Å². The third-order valence-electron chi connectivity index (χ3n) is 3.08. The van der Waals surface area contributed by atoms with Crippen LogP contribution >= 0.6 is 0 Å². The van der Waals surface area contributed by atoms with Gasteiger partial charge in [0.1, 0.15) is 6.61 Å². The van der Waals surface area contributed by atoms with Crippen LogP contribution in [0.5, 0.6) is 0 Å². The van der Waals surface area contributed by atoms with E-state index in [2.05, 4.69) is 12.2 Å². The lowest BCUT2D eigenvalue weighted by atomic mass is 10.0. The van der Waals surface area contributed by atoms with Crippen LogP contribution < -0.4 is 5.32 Å². The van der Waals surface area contributed by atoms with Gasteiger partial charge >= 0.3 is 0 Å². The molecule has 0 bridgehead atoms. The van der Waals surface area contributed by atoms with E-state index in [1.54, 1.807) is 7.11 Å². The summed E-state index contributed by atoms with van der Waals surface area (Å²) in [6, 6.07) is 0.596. The van der Waals surface area contributed by atoms with Gasteiger partial charge in [-0.15, -0.1) is 0 Å². The number of likely N-dealkylation sites (tertiary alicyclic amines) is 1. The van der Waals surface area contributed by atoms with E-state index in [1.807, 2.05) is 4.90 Å². The number of nitrogens with one attached hydrogen (secondary N) is 1. The van der Waals surface area contributed by atoms with Crippen LogP contribution in [-0.4, -0.2) is 50.2 Å². The molecular weight excluding hydrogens is 204 g/mol. The molecule has 0 aromatic heterocycles. The molecule has 0 unspecified atom stereocenters. The second-order valence-electron chi connectivity index (χ2n) is 4.40. The van der Waals surface area contributed by atoms with Crippen LogP contribution in [0.4, 0.5) is 0 Å². The third-order valence-corrected chi connectivity index (χ3v) is 3.08. The quantitative estimate of drug-likeness (QED) is 0.690. The molecule has 0 atom stereocenters. The maximum absolute atomic E-state index is 11.5. The molecule has 1 N–H and O–H groups in total. The number of hydrogen-bond acceptors (Lipinski definition) is 3. The summed E-state index contributed by atoms with van der Waals surface area (Å²) < 4.78 is 4.86. The summed E-state index contributed by atoms with van der Waals surface area (Å²) in [5.41, 5.74) is 0. The Bertz CT molecular complexity index is 201. The van der Waals surface area contributed by atoms with Crippen LogP contribution in [-0.2, 0) is 9.53 Å². The van der Waals surface area contributed by atoms with Crippen molar-refractivity contribution in [1.82, 2.24) is 10.2 Å². The van der Waals surface area contributed by atoms with Crippen molar-refractivity contribution < 1.29 is 9.53 Å². The minimum Gasteiger partial charge on any atom is -0.375 e. The summed E-state index contributed by atoms with van der Waals surface area (Å²) in [4.78, 5) is 13.4. The highest BCUT2D eigenvalue weighted by Gasteiger charge is 2.21. The second kappa shape index (κ2) is 7.63. The fourth-order valence-electron chi connectivity index (χ4n) is 2.03. The van der Waals surface area contributed by atoms with Crippen molar-refractivity contribution in [3.05, 3.63) is 0 Å². The molecule has 1 amide bonds. The van der Waals surface area contributed by atoms with E-state index in [-0.39, 0.29) is 12.5 Å². The maximum atomic E-state index is 11.5. The number of piperidine rings is 1. The molecule has 1 heterocycles. The van der Waals surface area contributed by atoms with Gasteiger partial charge in [-0.1, -0.05) is 13.3 Å². The van der Waals surface area contributed by atoms with Gasteiger partial charge in [-0.05, 0) is 25.8 Å². The van der Waals surface area contributed by atoms with E-state index in [9.17, 15) is 4.79 Å². The highest BCUT2D eigenvalue weighted by molar-refractivity contribution is 5.77. The zero-order valence-corrected chi connectivity index (χ0v) is 10.5. The summed E-state index contributed by atoms with van der Waals surface area (Å²) >= 11 is 0. The van der Waals surface area contributed by atoms with Crippen LogP contribution in [0.1, 0.15) is 32.6 Å². The van der Waals surface area contributed by atoms with Gasteiger partial charge in [0, 0.05) is 26.2 Å². The topological polar surface area (TPSA) is 41.6 Å². The van der Waals surface area contributed by atoms with E-state index in [0.29, 0.717) is 6.04 Å². The fraction of sp³-hybridized carbons (Fsp3) is 0.917. The molecular formula is C12H24N2O2. The maximum Gasteiger partial charge on any atom is 0.248 e. The Morgan fingerprint density at radius 3 is 2.69 bits per heavy atom. The molecule has 1 aliphatic rings. The van der Waals surface area contributed by atoms with Gasteiger partial charge in [-0.3, -0.25) is 4.79 Å². The molecule has 0 radical (unpaired) electrons. The normalized spacial score (nSPS) is 17.8. The van der Waals surface area contributed by atoms with Crippen molar-refractivity contribution in [2.75, 3.05) is 33.4 Å². The summed E-state index contributed by atoms with van der Waals surface area (Å²) in [7, 11) is 1.57. The Kier molecular flexibility index (Phi) is 6.42. The van der Waals surface area contributed by atoms with E-state index >= 15 is 0 Å². The number of hydrogen-bond donors (Lipinski definition) is 1. The van der Waals surface area contributed by atoms with Crippen LogP contribution in [0, 0.1) is 0 Å². The minimum atomic E-state index is 0.120. The number of nitrogens with zero attached hydrogens (tertiary/aromatic N) is 1. The predicted molar refractivity (Wildman–Crippen MR) is 64.4 cm³/mol. The zero-order chi connectivity index (χ0) is 11.8. The van der Waals surface area contributed by atoms with E-state index < -0.39 is 0 Å². The molecule has 16 heavy (non-hydrogen) atoms. The average molecular weight is 228 g/mol. The molecule has 1 fully saturated rings. The molecule has 1 rings (SSSR count). The third kappa shape index (κ3) is 4.49. The fourth-order valence-corrected chi connectivity index (χ4v) is 2.03. The van der Waals surface area contributed by atoms with E-state index in [0.717, 1.165) is 32.5 Å². The summed E-state index contributed by atoms with van der Waals surface area (Å²) in [6.45, 7) is 5.26. The Morgan fingerprint density at radius 2 is 2.12 bits per heavy atom. The standard InChI is InChI=1S/C12H24N2O2/c1-3-4-7-13-11-5-8-14(9-6-11)12(15)10-16-2/h11,13H,3-10H2,1-2H3. The van der Waals surface area contributed by atoms with Crippen molar-refractivity contribution >= 4 is 5.91 Å². The number of carbonyl (C=O) groups is 1. The van der Waals surface area contributed by atoms with Crippen LogP contribution in [0.25, 0.3) is 0 Å². The van der Waals surface area contributed by atoms with E-state index in [1.165, 1.54) is 12.8 Å². The van der Waals surface area contributed by atoms with Crippen molar-refractivity contribution in [2.45, 2.75) is 38.6 Å². The molecule has 1 saturated heterocycles. The summed E-state index contributed by atoms with van der Waals surface area (Å²) in [5, 5.41) is 3.54. The van der Waals surface area contributed by atoms with Crippen molar-refractivity contribution in [2.24, 2.45) is 0 Å². The monoisotopic (exact) mass is 228 g/mol. The van der Waals surface area contributed by atoms with Gasteiger partial charge in [-0.25, -0.2) is 0 Å². The smallest absolute Gasteiger partial charge is 0.248 e. The number of carbonyl (C=O) groups excluding carboxylic acids is 1. The molecule has 0 aliphatic carbocycles. The molecule has 0 aromatic rings. The van der Waals surface area contributed by atoms with Gasteiger partial charge in [0.15, 0.2) is 0 Å². The molecule has 4 nitrogen and oxygen atoms in total. The first-order chi connectivity index (χ1) is 7.77. The first kappa shape index (κ1) is 13.5. The molecule has 0 aromatic carbocycles. The van der Waals surface area contributed by atoms with Crippen LogP contribution in [0.3, 0.4) is 0 Å². The first-order valence-corrected chi connectivity index (χ1v) is 6.28. The molecule has 0 spiro atoms. The van der Waals surface area contributed by atoms with Crippen LogP contribution in [0.15, 0.2) is 0 Å². The number of unbranched alkanes of at least 4 members (excludes halogenated alkanes) is 1. The van der Waals surface area contributed by atoms with Gasteiger partial charge in [0.05, 0.1) is 0 Å². The second-order valence-corrected chi connectivity index (χ2v) is 4.40. The average Bonchev–Trinajstić information content (AvgIpc) is 2.30. The molecule has 94 valence electrons. The lowest BCUT2D eigenvalue weighted by molar-refractivity contribution is -0.136. The zero-order valence-electron chi connectivity index (χ0n) is 10.5. The predicted octanol–water partition coefficient (Wildman–Crippen LogP) is 1.01. The number of ether oxygens (including phenoxy) is 1. The van der Waals surface area contributed by atoms with E-state index in [4.69, 9.17) is 4.74 Å². The lowest BCUT2D eigenvalue weighted by Crippen LogP contribution is -2.46. The molecule has 4 heteroatoms.